The summed E-state index contributed by atoms with van der Waals surface area (Å²) >= 11 is 0. The Morgan fingerprint density at radius 2 is 2.27 bits per heavy atom. The summed E-state index contributed by atoms with van der Waals surface area (Å²) in [6, 6.07) is 5.98. The highest BCUT2D eigenvalue weighted by Gasteiger charge is 2.15. The number of carbonyl (C=O) groups excluding carboxylic acids is 1. The van der Waals surface area contributed by atoms with Crippen molar-refractivity contribution in [3.63, 3.8) is 0 Å². The second-order valence-corrected chi connectivity index (χ2v) is 6.52. The Morgan fingerprint density at radius 1 is 1.45 bits per heavy atom. The Kier molecular flexibility index (Phi) is 5.61. The van der Waals surface area contributed by atoms with Crippen molar-refractivity contribution in [3.05, 3.63) is 35.4 Å². The van der Waals surface area contributed by atoms with E-state index < -0.39 is 0 Å². The second-order valence-electron chi connectivity index (χ2n) is 6.52. The lowest BCUT2D eigenvalue weighted by Crippen LogP contribution is -2.24. The number of hydrogen-bond acceptors (Lipinski definition) is 3. The number of aliphatic hydroxyl groups is 1. The number of benzene rings is 1. The minimum absolute atomic E-state index is 0.0763. The Balaban J connectivity index is 1.75. The highest BCUT2D eigenvalue weighted by atomic mass is 16.5. The molecule has 2 N–H and O–H groups in total. The first-order valence-corrected chi connectivity index (χ1v) is 7.83. The monoisotopic (exact) mass is 303 g/mol. The van der Waals surface area contributed by atoms with Crippen LogP contribution in [-0.4, -0.2) is 30.8 Å². The van der Waals surface area contributed by atoms with Gasteiger partial charge in [0.1, 0.15) is 5.75 Å². The molecule has 4 nitrogen and oxygen atoms in total. The van der Waals surface area contributed by atoms with Crippen LogP contribution in [-0.2, 0) is 11.2 Å². The summed E-state index contributed by atoms with van der Waals surface area (Å²) in [4.78, 5) is 11.8. The van der Waals surface area contributed by atoms with E-state index >= 15 is 0 Å². The number of ether oxygens (including phenoxy) is 1. The minimum atomic E-state index is -0.0847. The number of nitrogens with one attached hydrogen (secondary N) is 1. The van der Waals surface area contributed by atoms with Gasteiger partial charge in [0.25, 0.3) is 0 Å². The van der Waals surface area contributed by atoms with Crippen LogP contribution in [0.15, 0.2) is 24.3 Å². The predicted octanol–water partition coefficient (Wildman–Crippen LogP) is 2.55. The van der Waals surface area contributed by atoms with Crippen LogP contribution in [0.25, 0.3) is 6.08 Å². The van der Waals surface area contributed by atoms with Gasteiger partial charge in [0.05, 0.1) is 6.61 Å². The van der Waals surface area contributed by atoms with E-state index in [1.54, 1.807) is 6.08 Å². The second kappa shape index (κ2) is 7.45. The van der Waals surface area contributed by atoms with Gasteiger partial charge in [-0.2, -0.15) is 0 Å². The lowest BCUT2D eigenvalue weighted by atomic mass is 9.89. The van der Waals surface area contributed by atoms with Crippen LogP contribution in [0.1, 0.15) is 37.8 Å². The van der Waals surface area contributed by atoms with Crippen molar-refractivity contribution in [1.29, 1.82) is 0 Å². The Hall–Kier alpha value is -1.81. The zero-order valence-corrected chi connectivity index (χ0v) is 13.4. The van der Waals surface area contributed by atoms with Crippen molar-refractivity contribution >= 4 is 12.0 Å². The van der Waals surface area contributed by atoms with Gasteiger partial charge in [-0.3, -0.25) is 4.79 Å². The van der Waals surface area contributed by atoms with Crippen molar-refractivity contribution in [2.45, 2.75) is 33.1 Å². The van der Waals surface area contributed by atoms with E-state index in [4.69, 9.17) is 4.74 Å². The van der Waals surface area contributed by atoms with Crippen LogP contribution >= 0.6 is 0 Å². The summed E-state index contributed by atoms with van der Waals surface area (Å²) in [5, 5.41) is 12.0. The normalized spacial score (nSPS) is 14.0. The molecule has 2 rings (SSSR count). The highest BCUT2D eigenvalue weighted by molar-refractivity contribution is 5.91. The third-order valence-corrected chi connectivity index (χ3v) is 3.90. The van der Waals surface area contributed by atoms with E-state index in [1.807, 2.05) is 32.1 Å². The average molecular weight is 303 g/mol. The first-order valence-electron chi connectivity index (χ1n) is 7.83. The molecule has 0 aromatic heterocycles. The molecule has 0 bridgehead atoms. The van der Waals surface area contributed by atoms with Gasteiger partial charge in [0, 0.05) is 25.6 Å². The molecule has 22 heavy (non-hydrogen) atoms. The molecule has 0 atom stereocenters. The lowest BCUT2D eigenvalue weighted by molar-refractivity contribution is -0.116. The predicted molar refractivity (Wildman–Crippen MR) is 87.8 cm³/mol. The van der Waals surface area contributed by atoms with Crippen LogP contribution in [0.4, 0.5) is 0 Å². The number of fused-ring (bicyclic) bond motifs is 1. The largest absolute Gasteiger partial charge is 0.493 e. The SMILES string of the molecule is CC(C)(CO)CCCNC(=O)/C=C/c1ccc2c(c1)CCO2. The molecule has 1 amide bonds. The third kappa shape index (κ3) is 4.88. The van der Waals surface area contributed by atoms with Gasteiger partial charge < -0.3 is 15.2 Å². The van der Waals surface area contributed by atoms with Crippen molar-refractivity contribution in [2.24, 2.45) is 5.41 Å². The van der Waals surface area contributed by atoms with Crippen molar-refractivity contribution in [3.8, 4) is 5.75 Å². The zero-order chi connectivity index (χ0) is 16.0. The molecule has 0 unspecified atom stereocenters. The Morgan fingerprint density at radius 3 is 3.05 bits per heavy atom. The zero-order valence-electron chi connectivity index (χ0n) is 13.4. The van der Waals surface area contributed by atoms with Crippen molar-refractivity contribution < 1.29 is 14.6 Å². The molecule has 1 aliphatic heterocycles. The molecule has 0 saturated carbocycles. The van der Waals surface area contributed by atoms with E-state index in [-0.39, 0.29) is 17.9 Å². The minimum Gasteiger partial charge on any atom is -0.493 e. The summed E-state index contributed by atoms with van der Waals surface area (Å²) in [6.07, 6.45) is 6.08. The topological polar surface area (TPSA) is 58.6 Å². The average Bonchev–Trinajstić information content (AvgIpc) is 2.97. The fourth-order valence-corrected chi connectivity index (χ4v) is 2.40. The lowest BCUT2D eigenvalue weighted by Gasteiger charge is -2.20. The van der Waals surface area contributed by atoms with Crippen molar-refractivity contribution in [2.75, 3.05) is 19.8 Å². The van der Waals surface area contributed by atoms with E-state index in [9.17, 15) is 9.90 Å². The molecule has 1 aromatic carbocycles. The maximum atomic E-state index is 11.8. The van der Waals surface area contributed by atoms with Crippen LogP contribution in [0.3, 0.4) is 0 Å². The number of rotatable bonds is 7. The fraction of sp³-hybridized carbons (Fsp3) is 0.500. The molecule has 0 aliphatic carbocycles. The standard InChI is InChI=1S/C18H25NO3/c1-18(2,13-20)9-3-10-19-17(21)7-5-14-4-6-16-15(12-14)8-11-22-16/h4-7,12,20H,3,8-11,13H2,1-2H3,(H,19,21)/b7-5+. The number of amides is 1. The van der Waals surface area contributed by atoms with Gasteiger partial charge in [-0.15, -0.1) is 0 Å². The highest BCUT2D eigenvalue weighted by Crippen LogP contribution is 2.26. The van der Waals surface area contributed by atoms with Gasteiger partial charge in [0.2, 0.25) is 5.91 Å². The number of carbonyl (C=O) groups is 1. The van der Waals surface area contributed by atoms with Gasteiger partial charge >= 0.3 is 0 Å². The first-order chi connectivity index (χ1) is 10.5. The van der Waals surface area contributed by atoms with Crippen LogP contribution in [0.5, 0.6) is 5.75 Å². The molecular formula is C18H25NO3. The van der Waals surface area contributed by atoms with E-state index in [1.165, 1.54) is 5.56 Å². The molecule has 1 aromatic rings. The molecule has 120 valence electrons. The van der Waals surface area contributed by atoms with E-state index in [0.717, 1.165) is 37.2 Å². The van der Waals surface area contributed by atoms with Crippen LogP contribution < -0.4 is 10.1 Å². The summed E-state index contributed by atoms with van der Waals surface area (Å²) < 4.78 is 5.46. The molecule has 0 radical (unpaired) electrons. The van der Waals surface area contributed by atoms with E-state index in [2.05, 4.69) is 11.4 Å². The molecule has 1 aliphatic rings. The van der Waals surface area contributed by atoms with Crippen molar-refractivity contribution in [1.82, 2.24) is 5.32 Å². The van der Waals surface area contributed by atoms with Gasteiger partial charge in [0.15, 0.2) is 0 Å². The maximum Gasteiger partial charge on any atom is 0.243 e. The summed E-state index contributed by atoms with van der Waals surface area (Å²) in [6.45, 7) is 5.58. The summed E-state index contributed by atoms with van der Waals surface area (Å²) in [5.74, 6) is 0.867. The number of hydrogen-bond donors (Lipinski definition) is 2. The number of aliphatic hydroxyl groups excluding tert-OH is 1. The molecule has 0 spiro atoms. The molecule has 0 saturated heterocycles. The third-order valence-electron chi connectivity index (χ3n) is 3.90. The Bertz CT molecular complexity index is 549. The van der Waals surface area contributed by atoms with Crippen LogP contribution in [0.2, 0.25) is 0 Å². The summed E-state index contributed by atoms with van der Waals surface area (Å²) in [7, 11) is 0. The fourth-order valence-electron chi connectivity index (χ4n) is 2.40. The van der Waals surface area contributed by atoms with E-state index in [0.29, 0.717) is 6.54 Å². The van der Waals surface area contributed by atoms with Gasteiger partial charge in [-0.25, -0.2) is 0 Å². The Labute approximate surface area is 132 Å². The van der Waals surface area contributed by atoms with Crippen LogP contribution in [0, 0.1) is 5.41 Å². The first kappa shape index (κ1) is 16.6. The van der Waals surface area contributed by atoms with Gasteiger partial charge in [-0.1, -0.05) is 19.9 Å². The molecule has 0 fully saturated rings. The molecule has 4 heteroatoms. The molecule has 1 heterocycles. The smallest absolute Gasteiger partial charge is 0.243 e. The quantitative estimate of drug-likeness (QED) is 0.601. The van der Waals surface area contributed by atoms with Gasteiger partial charge in [-0.05, 0) is 47.6 Å². The summed E-state index contributed by atoms with van der Waals surface area (Å²) in [5.41, 5.74) is 2.14. The molecular weight excluding hydrogens is 278 g/mol. The maximum absolute atomic E-state index is 11.8.